The van der Waals surface area contributed by atoms with Crippen molar-refractivity contribution in [2.75, 3.05) is 50.0 Å². The number of thiophene rings is 1. The van der Waals surface area contributed by atoms with Gasteiger partial charge in [-0.15, -0.1) is 11.3 Å². The lowest BCUT2D eigenvalue weighted by atomic mass is 10.3. The topological polar surface area (TPSA) is 58.8 Å². The van der Waals surface area contributed by atoms with Crippen LogP contribution in [0.4, 0.5) is 10.7 Å². The summed E-state index contributed by atoms with van der Waals surface area (Å²) in [5.41, 5.74) is 6.43. The molecule has 1 aliphatic heterocycles. The summed E-state index contributed by atoms with van der Waals surface area (Å²) in [6.45, 7) is 9.53. The zero-order valence-corrected chi connectivity index (χ0v) is 12.3. The van der Waals surface area contributed by atoms with Crippen LogP contribution in [0, 0.1) is 0 Å². The minimum absolute atomic E-state index is 0.316. The molecule has 1 aromatic rings. The number of carbonyl (C=O) groups is 1. The van der Waals surface area contributed by atoms with Crippen LogP contribution in [0.5, 0.6) is 0 Å². The van der Waals surface area contributed by atoms with E-state index in [2.05, 4.69) is 16.7 Å². The molecule has 19 heavy (non-hydrogen) atoms. The van der Waals surface area contributed by atoms with Crippen LogP contribution in [0.3, 0.4) is 0 Å². The molecule has 2 N–H and O–H groups in total. The van der Waals surface area contributed by atoms with E-state index in [1.807, 2.05) is 6.07 Å². The molecule has 2 heterocycles. The average molecular weight is 283 g/mol. The van der Waals surface area contributed by atoms with Gasteiger partial charge in [0.2, 0.25) is 0 Å². The van der Waals surface area contributed by atoms with Crippen molar-refractivity contribution in [3.05, 3.63) is 10.9 Å². The number of nitrogens with zero attached hydrogens (tertiary/aromatic N) is 2. The summed E-state index contributed by atoms with van der Waals surface area (Å²) in [5.74, 6) is -0.316. The summed E-state index contributed by atoms with van der Waals surface area (Å²) in [7, 11) is 0. The van der Waals surface area contributed by atoms with E-state index in [1.54, 1.807) is 6.92 Å². The van der Waals surface area contributed by atoms with E-state index >= 15 is 0 Å². The lowest BCUT2D eigenvalue weighted by molar-refractivity contribution is 0.0533. The number of anilines is 2. The standard InChI is InChI=1S/C13H21N3O2S/c1-3-15-5-7-16(8-6-15)11-9-10(14)12(19-11)13(17)18-4-2/h9H,3-8,14H2,1-2H3. The number of hydrogen-bond acceptors (Lipinski definition) is 6. The number of likely N-dealkylation sites (N-methyl/N-ethyl adjacent to an activating group) is 1. The summed E-state index contributed by atoms with van der Waals surface area (Å²) in [4.78, 5) is 17.0. The number of ether oxygens (including phenoxy) is 1. The number of nitrogens with two attached hydrogens (primary N) is 1. The van der Waals surface area contributed by atoms with Gasteiger partial charge in [0.25, 0.3) is 0 Å². The Labute approximate surface area is 117 Å². The maximum absolute atomic E-state index is 11.7. The first-order valence-electron chi connectivity index (χ1n) is 6.69. The lowest BCUT2D eigenvalue weighted by Crippen LogP contribution is -2.45. The molecular formula is C13H21N3O2S. The highest BCUT2D eigenvalue weighted by Crippen LogP contribution is 2.33. The molecule has 1 saturated heterocycles. The predicted molar refractivity (Wildman–Crippen MR) is 79.0 cm³/mol. The third-order valence-electron chi connectivity index (χ3n) is 3.34. The van der Waals surface area contributed by atoms with E-state index in [0.717, 1.165) is 37.7 Å². The molecule has 1 aliphatic rings. The van der Waals surface area contributed by atoms with Crippen LogP contribution in [0.25, 0.3) is 0 Å². The molecule has 0 saturated carbocycles. The molecule has 5 nitrogen and oxygen atoms in total. The summed E-state index contributed by atoms with van der Waals surface area (Å²) in [5, 5.41) is 1.07. The zero-order chi connectivity index (χ0) is 13.8. The summed E-state index contributed by atoms with van der Waals surface area (Å²) in [6, 6.07) is 1.89. The molecule has 0 radical (unpaired) electrons. The van der Waals surface area contributed by atoms with Crippen molar-refractivity contribution in [1.82, 2.24) is 4.90 Å². The Morgan fingerprint density at radius 1 is 1.37 bits per heavy atom. The minimum atomic E-state index is -0.316. The van der Waals surface area contributed by atoms with Gasteiger partial charge in [-0.2, -0.15) is 0 Å². The SMILES string of the molecule is CCOC(=O)c1sc(N2CCN(CC)CC2)cc1N. The van der Waals surface area contributed by atoms with E-state index in [4.69, 9.17) is 10.5 Å². The van der Waals surface area contributed by atoms with Crippen molar-refractivity contribution in [1.29, 1.82) is 0 Å². The maximum Gasteiger partial charge on any atom is 0.350 e. The Hall–Kier alpha value is -1.27. The molecule has 6 heteroatoms. The van der Waals surface area contributed by atoms with Crippen LogP contribution in [-0.2, 0) is 4.74 Å². The average Bonchev–Trinajstić information content (AvgIpc) is 2.81. The first-order valence-corrected chi connectivity index (χ1v) is 7.51. The van der Waals surface area contributed by atoms with Crippen LogP contribution < -0.4 is 10.6 Å². The Kier molecular flexibility index (Phi) is 4.66. The van der Waals surface area contributed by atoms with Gasteiger partial charge in [-0.1, -0.05) is 6.92 Å². The number of esters is 1. The van der Waals surface area contributed by atoms with Gasteiger partial charge in [0.1, 0.15) is 4.88 Å². The van der Waals surface area contributed by atoms with Gasteiger partial charge in [-0.3, -0.25) is 0 Å². The first-order chi connectivity index (χ1) is 9.15. The third-order valence-corrected chi connectivity index (χ3v) is 4.53. The number of nitrogen functional groups attached to an aromatic ring is 1. The summed E-state index contributed by atoms with van der Waals surface area (Å²) in [6.07, 6.45) is 0. The molecule has 1 aromatic heterocycles. The second-order valence-corrected chi connectivity index (χ2v) is 5.54. The fourth-order valence-electron chi connectivity index (χ4n) is 2.19. The number of piperazine rings is 1. The smallest absolute Gasteiger partial charge is 0.350 e. The fourth-order valence-corrected chi connectivity index (χ4v) is 3.21. The van der Waals surface area contributed by atoms with Crippen molar-refractivity contribution in [2.24, 2.45) is 0 Å². The van der Waals surface area contributed by atoms with Gasteiger partial charge in [0, 0.05) is 26.2 Å². The Morgan fingerprint density at radius 2 is 2.05 bits per heavy atom. The normalized spacial score (nSPS) is 16.6. The van der Waals surface area contributed by atoms with Crippen LogP contribution in [-0.4, -0.2) is 50.2 Å². The van der Waals surface area contributed by atoms with Crippen molar-refractivity contribution in [2.45, 2.75) is 13.8 Å². The molecule has 0 spiro atoms. The molecule has 0 unspecified atom stereocenters. The second-order valence-electron chi connectivity index (χ2n) is 4.51. The molecule has 106 valence electrons. The number of rotatable bonds is 4. The third kappa shape index (κ3) is 3.19. The van der Waals surface area contributed by atoms with Crippen LogP contribution >= 0.6 is 11.3 Å². The highest BCUT2D eigenvalue weighted by molar-refractivity contribution is 7.18. The molecule has 0 aromatic carbocycles. The molecule has 1 fully saturated rings. The van der Waals surface area contributed by atoms with E-state index in [1.165, 1.54) is 11.3 Å². The Bertz CT molecular complexity index is 439. The van der Waals surface area contributed by atoms with E-state index < -0.39 is 0 Å². The van der Waals surface area contributed by atoms with Gasteiger partial charge in [0.05, 0.1) is 17.3 Å². The highest BCUT2D eigenvalue weighted by atomic mass is 32.1. The molecule has 0 bridgehead atoms. The van der Waals surface area contributed by atoms with Crippen LogP contribution in [0.2, 0.25) is 0 Å². The molecule has 0 aliphatic carbocycles. The molecular weight excluding hydrogens is 262 g/mol. The lowest BCUT2D eigenvalue weighted by Gasteiger charge is -2.34. The van der Waals surface area contributed by atoms with Crippen LogP contribution in [0.15, 0.2) is 6.07 Å². The number of carbonyl (C=O) groups excluding carboxylic acids is 1. The largest absolute Gasteiger partial charge is 0.462 e. The summed E-state index contributed by atoms with van der Waals surface area (Å²) >= 11 is 1.43. The highest BCUT2D eigenvalue weighted by Gasteiger charge is 2.21. The van der Waals surface area contributed by atoms with Crippen LogP contribution in [0.1, 0.15) is 23.5 Å². The Morgan fingerprint density at radius 3 is 2.63 bits per heavy atom. The monoisotopic (exact) mass is 283 g/mol. The van der Waals surface area contributed by atoms with Gasteiger partial charge in [-0.25, -0.2) is 4.79 Å². The second kappa shape index (κ2) is 6.25. The van der Waals surface area contributed by atoms with Crippen molar-refractivity contribution < 1.29 is 9.53 Å². The molecule has 0 atom stereocenters. The van der Waals surface area contributed by atoms with Gasteiger partial charge < -0.3 is 20.3 Å². The van der Waals surface area contributed by atoms with Gasteiger partial charge >= 0.3 is 5.97 Å². The Balaban J connectivity index is 2.06. The predicted octanol–water partition coefficient (Wildman–Crippen LogP) is 1.65. The van der Waals surface area contributed by atoms with E-state index in [9.17, 15) is 4.79 Å². The maximum atomic E-state index is 11.7. The minimum Gasteiger partial charge on any atom is -0.462 e. The van der Waals surface area contributed by atoms with Crippen molar-refractivity contribution >= 4 is 28.0 Å². The number of hydrogen-bond donors (Lipinski definition) is 1. The molecule has 2 rings (SSSR count). The molecule has 0 amide bonds. The quantitative estimate of drug-likeness (QED) is 0.851. The van der Waals surface area contributed by atoms with Gasteiger partial charge in [0.15, 0.2) is 0 Å². The fraction of sp³-hybridized carbons (Fsp3) is 0.615. The van der Waals surface area contributed by atoms with Crippen molar-refractivity contribution in [3.63, 3.8) is 0 Å². The van der Waals surface area contributed by atoms with Crippen molar-refractivity contribution in [3.8, 4) is 0 Å². The van der Waals surface area contributed by atoms with E-state index in [-0.39, 0.29) is 5.97 Å². The van der Waals surface area contributed by atoms with Gasteiger partial charge in [-0.05, 0) is 19.5 Å². The zero-order valence-electron chi connectivity index (χ0n) is 11.5. The van der Waals surface area contributed by atoms with E-state index in [0.29, 0.717) is 17.2 Å². The summed E-state index contributed by atoms with van der Waals surface area (Å²) < 4.78 is 5.01. The first kappa shape index (κ1) is 14.1.